The normalized spacial score (nSPS) is 13.0. The van der Waals surface area contributed by atoms with E-state index in [-0.39, 0.29) is 0 Å². The molecule has 0 saturated heterocycles. The fraction of sp³-hybridized carbons (Fsp3) is 0.500. The Kier molecular flexibility index (Phi) is 3.91. The average molecular weight is 194 g/mol. The van der Waals surface area contributed by atoms with Crippen LogP contribution in [0.15, 0.2) is 11.0 Å². The second kappa shape index (κ2) is 4.22. The molecule has 0 saturated carbocycles. The van der Waals surface area contributed by atoms with Crippen molar-refractivity contribution >= 4 is 16.1 Å². The van der Waals surface area contributed by atoms with Gasteiger partial charge in [-0.2, -0.15) is 8.42 Å². The molecule has 0 bridgehead atoms. The lowest BCUT2D eigenvalue weighted by atomic mass is 10.3. The number of hydrogen-bond donors (Lipinski definition) is 2. The molecule has 0 aliphatic heterocycles. The van der Waals surface area contributed by atoms with Gasteiger partial charge < -0.3 is 5.11 Å². The van der Waals surface area contributed by atoms with Crippen molar-refractivity contribution in [2.75, 3.05) is 0 Å². The molecule has 0 amide bonds. The summed E-state index contributed by atoms with van der Waals surface area (Å²) < 4.78 is 29.2. The highest BCUT2D eigenvalue weighted by Crippen LogP contribution is 2.06. The van der Waals surface area contributed by atoms with Gasteiger partial charge in [-0.15, -0.1) is 0 Å². The standard InChI is InChI=1S/C6H10O5S/c1-2-3-4-5(6(7)8)12(9,10)11/h4H,2-3H2,1H3,(H,7,8)(H,9,10,11). The molecule has 0 unspecified atom stereocenters. The second-order valence-electron chi connectivity index (χ2n) is 2.14. The number of hydrogen-bond acceptors (Lipinski definition) is 3. The van der Waals surface area contributed by atoms with E-state index in [0.717, 1.165) is 6.08 Å². The summed E-state index contributed by atoms with van der Waals surface area (Å²) in [4.78, 5) is 9.29. The van der Waals surface area contributed by atoms with Crippen LogP contribution in [0.3, 0.4) is 0 Å². The van der Waals surface area contributed by atoms with Gasteiger partial charge in [-0.25, -0.2) is 4.79 Å². The number of aliphatic carboxylic acids is 1. The highest BCUT2D eigenvalue weighted by atomic mass is 32.2. The van der Waals surface area contributed by atoms with Gasteiger partial charge in [0.2, 0.25) is 0 Å². The molecule has 0 aliphatic rings. The van der Waals surface area contributed by atoms with Gasteiger partial charge in [0, 0.05) is 0 Å². The number of unbranched alkanes of at least 4 members (excludes halogenated alkanes) is 1. The minimum atomic E-state index is -4.57. The van der Waals surface area contributed by atoms with Crippen LogP contribution < -0.4 is 0 Å². The molecular formula is C6H10O5S. The van der Waals surface area contributed by atoms with E-state index in [0.29, 0.717) is 12.8 Å². The third-order valence-electron chi connectivity index (χ3n) is 1.11. The van der Waals surface area contributed by atoms with Crippen LogP contribution in [0, 0.1) is 0 Å². The summed E-state index contributed by atoms with van der Waals surface area (Å²) in [7, 11) is -4.57. The van der Waals surface area contributed by atoms with Crippen LogP contribution in [0.4, 0.5) is 0 Å². The van der Waals surface area contributed by atoms with Gasteiger partial charge in [0.25, 0.3) is 0 Å². The monoisotopic (exact) mass is 194 g/mol. The smallest absolute Gasteiger partial charge is 0.349 e. The third kappa shape index (κ3) is 3.49. The average Bonchev–Trinajstić information content (AvgIpc) is 1.84. The molecule has 0 heterocycles. The molecular weight excluding hydrogens is 184 g/mol. The van der Waals surface area contributed by atoms with Crippen molar-refractivity contribution in [1.82, 2.24) is 0 Å². The molecule has 2 N–H and O–H groups in total. The molecule has 0 aromatic rings. The second-order valence-corrected chi connectivity index (χ2v) is 3.53. The highest BCUT2D eigenvalue weighted by molar-refractivity contribution is 7.90. The number of rotatable bonds is 4. The lowest BCUT2D eigenvalue weighted by Crippen LogP contribution is -2.11. The lowest BCUT2D eigenvalue weighted by Gasteiger charge is -1.96. The van der Waals surface area contributed by atoms with Crippen LogP contribution in [0.25, 0.3) is 0 Å². The predicted molar refractivity (Wildman–Crippen MR) is 42.2 cm³/mol. The maximum Gasteiger partial charge on any atom is 0.349 e. The summed E-state index contributed by atoms with van der Waals surface area (Å²) in [6, 6.07) is 0. The van der Waals surface area contributed by atoms with E-state index in [1.54, 1.807) is 6.92 Å². The van der Waals surface area contributed by atoms with E-state index in [1.165, 1.54) is 0 Å². The summed E-state index contributed by atoms with van der Waals surface area (Å²) >= 11 is 0. The molecule has 5 nitrogen and oxygen atoms in total. The van der Waals surface area contributed by atoms with E-state index >= 15 is 0 Å². The minimum absolute atomic E-state index is 0.307. The Morgan fingerprint density at radius 3 is 2.25 bits per heavy atom. The van der Waals surface area contributed by atoms with Crippen molar-refractivity contribution in [2.45, 2.75) is 19.8 Å². The van der Waals surface area contributed by atoms with Gasteiger partial charge in [-0.1, -0.05) is 19.4 Å². The topological polar surface area (TPSA) is 91.7 Å². The first-order valence-corrected chi connectivity index (χ1v) is 4.74. The van der Waals surface area contributed by atoms with Gasteiger partial charge in [0.15, 0.2) is 4.91 Å². The molecule has 0 aromatic heterocycles. The Bertz CT molecular complexity index is 287. The van der Waals surface area contributed by atoms with Crippen molar-refractivity contribution in [1.29, 1.82) is 0 Å². The minimum Gasteiger partial charge on any atom is -0.477 e. The Labute approximate surface area is 70.5 Å². The van der Waals surface area contributed by atoms with Crippen molar-refractivity contribution < 1.29 is 22.9 Å². The molecule has 0 spiro atoms. The van der Waals surface area contributed by atoms with Gasteiger partial charge in [-0.3, -0.25) is 4.55 Å². The Hall–Kier alpha value is -0.880. The highest BCUT2D eigenvalue weighted by Gasteiger charge is 2.20. The Morgan fingerprint density at radius 2 is 2.00 bits per heavy atom. The predicted octanol–water partition coefficient (Wildman–Crippen LogP) is 0.643. The molecule has 70 valence electrons. The summed E-state index contributed by atoms with van der Waals surface area (Å²) in [6.07, 6.45) is 1.91. The van der Waals surface area contributed by atoms with E-state index in [4.69, 9.17) is 9.66 Å². The largest absolute Gasteiger partial charge is 0.477 e. The lowest BCUT2D eigenvalue weighted by molar-refractivity contribution is -0.131. The van der Waals surface area contributed by atoms with Crippen molar-refractivity contribution in [2.24, 2.45) is 0 Å². The molecule has 0 aromatic carbocycles. The zero-order valence-corrected chi connectivity index (χ0v) is 7.34. The SMILES string of the molecule is CCCC=C(C(=O)O)S(=O)(=O)O. The number of allylic oxidation sites excluding steroid dienone is 1. The van der Waals surface area contributed by atoms with Crippen molar-refractivity contribution in [3.63, 3.8) is 0 Å². The Balaban J connectivity index is 4.82. The zero-order chi connectivity index (χ0) is 9.78. The molecule has 6 heteroatoms. The fourth-order valence-corrected chi connectivity index (χ4v) is 1.13. The quantitative estimate of drug-likeness (QED) is 0.506. The van der Waals surface area contributed by atoms with Gasteiger partial charge in [0.1, 0.15) is 0 Å². The Morgan fingerprint density at radius 1 is 1.50 bits per heavy atom. The molecule has 0 fully saturated rings. The van der Waals surface area contributed by atoms with E-state index in [9.17, 15) is 13.2 Å². The maximum absolute atomic E-state index is 10.4. The zero-order valence-electron chi connectivity index (χ0n) is 6.52. The van der Waals surface area contributed by atoms with Crippen LogP contribution in [-0.2, 0) is 14.9 Å². The molecule has 12 heavy (non-hydrogen) atoms. The molecule has 0 aliphatic carbocycles. The third-order valence-corrected chi connectivity index (χ3v) is 2.00. The first kappa shape index (κ1) is 11.1. The molecule has 0 radical (unpaired) electrons. The van der Waals surface area contributed by atoms with Crippen LogP contribution in [0.1, 0.15) is 19.8 Å². The summed E-state index contributed by atoms with van der Waals surface area (Å²) in [5.74, 6) is -1.63. The number of carboxylic acid groups (broad SMARTS) is 1. The fourth-order valence-electron chi connectivity index (χ4n) is 0.578. The van der Waals surface area contributed by atoms with Crippen LogP contribution in [-0.4, -0.2) is 24.0 Å². The van der Waals surface area contributed by atoms with E-state index in [1.807, 2.05) is 0 Å². The van der Waals surface area contributed by atoms with E-state index < -0.39 is 21.0 Å². The van der Waals surface area contributed by atoms with Gasteiger partial charge in [-0.05, 0) is 6.42 Å². The van der Waals surface area contributed by atoms with Crippen LogP contribution in [0.5, 0.6) is 0 Å². The summed E-state index contributed by atoms with van der Waals surface area (Å²) in [6.45, 7) is 1.76. The van der Waals surface area contributed by atoms with Crippen molar-refractivity contribution in [3.05, 3.63) is 11.0 Å². The number of carbonyl (C=O) groups is 1. The molecule has 0 atom stereocenters. The van der Waals surface area contributed by atoms with Crippen molar-refractivity contribution in [3.8, 4) is 0 Å². The van der Waals surface area contributed by atoms with Gasteiger partial charge in [0.05, 0.1) is 0 Å². The number of carboxylic acids is 1. The maximum atomic E-state index is 10.4. The van der Waals surface area contributed by atoms with Crippen LogP contribution >= 0.6 is 0 Å². The first-order valence-electron chi connectivity index (χ1n) is 3.30. The van der Waals surface area contributed by atoms with Gasteiger partial charge >= 0.3 is 16.1 Å². The first-order chi connectivity index (χ1) is 5.39. The molecule has 0 rings (SSSR count). The van der Waals surface area contributed by atoms with E-state index in [2.05, 4.69) is 0 Å². The summed E-state index contributed by atoms with van der Waals surface area (Å²) in [5, 5.41) is 8.33. The summed E-state index contributed by atoms with van der Waals surface area (Å²) in [5.41, 5.74) is 0. The van der Waals surface area contributed by atoms with Crippen LogP contribution in [0.2, 0.25) is 0 Å².